The van der Waals surface area contributed by atoms with Gasteiger partial charge in [0.05, 0.1) is 5.60 Å². The fraction of sp³-hybridized carbons (Fsp3) is 0.667. The summed E-state index contributed by atoms with van der Waals surface area (Å²) in [5.74, 6) is 1.35. The van der Waals surface area contributed by atoms with E-state index in [1.165, 1.54) is 6.42 Å². The lowest BCUT2D eigenvalue weighted by Crippen LogP contribution is -2.56. The van der Waals surface area contributed by atoms with E-state index in [1.807, 2.05) is 18.2 Å². The summed E-state index contributed by atoms with van der Waals surface area (Å²) in [5.41, 5.74) is 1.52. The van der Waals surface area contributed by atoms with Crippen LogP contribution in [0.2, 0.25) is 0 Å². The lowest BCUT2D eigenvalue weighted by atomic mass is 9.47. The van der Waals surface area contributed by atoms with Gasteiger partial charge in [-0.05, 0) is 80.9 Å². The van der Waals surface area contributed by atoms with Crippen molar-refractivity contribution in [2.24, 2.45) is 17.3 Å². The second-order valence-electron chi connectivity index (χ2n) is 8.97. The topological polar surface area (TPSA) is 52.6 Å². The second-order valence-corrected chi connectivity index (χ2v) is 8.97. The molecule has 0 aromatic heterocycles. The molecule has 0 heterocycles. The molecule has 0 spiro atoms. The minimum atomic E-state index is -0.492. The third-order valence-corrected chi connectivity index (χ3v) is 6.73. The number of aliphatic hydroxyl groups is 1. The quantitative estimate of drug-likeness (QED) is 0.856. The van der Waals surface area contributed by atoms with Gasteiger partial charge in [0.2, 0.25) is 5.91 Å². The van der Waals surface area contributed by atoms with E-state index in [1.54, 1.807) is 0 Å². The Morgan fingerprint density at radius 1 is 1.28 bits per heavy atom. The average Bonchev–Trinajstić information content (AvgIpc) is 2.51. The van der Waals surface area contributed by atoms with Crippen molar-refractivity contribution in [3.8, 4) is 0 Å². The van der Waals surface area contributed by atoms with E-state index in [-0.39, 0.29) is 11.3 Å². The van der Waals surface area contributed by atoms with Gasteiger partial charge in [0.1, 0.15) is 0 Å². The van der Waals surface area contributed by atoms with Crippen molar-refractivity contribution in [3.63, 3.8) is 0 Å². The van der Waals surface area contributed by atoms with E-state index in [9.17, 15) is 9.90 Å². The molecule has 4 aliphatic carbocycles. The highest BCUT2D eigenvalue weighted by atomic mass is 16.3. The zero-order valence-corrected chi connectivity index (χ0v) is 15.4. The van der Waals surface area contributed by atoms with Crippen LogP contribution in [0.3, 0.4) is 0 Å². The first-order valence-corrected chi connectivity index (χ1v) is 9.72. The maximum absolute atomic E-state index is 12.7. The summed E-state index contributed by atoms with van der Waals surface area (Å²) in [6.45, 7) is 3.05. The Kier molecular flexibility index (Phi) is 4.06. The van der Waals surface area contributed by atoms with Gasteiger partial charge in [-0.1, -0.05) is 6.07 Å². The molecule has 4 saturated carbocycles. The lowest BCUT2D eigenvalue weighted by Gasteiger charge is -2.60. The van der Waals surface area contributed by atoms with E-state index < -0.39 is 5.60 Å². The summed E-state index contributed by atoms with van der Waals surface area (Å²) >= 11 is 0. The highest BCUT2D eigenvalue weighted by Crippen LogP contribution is 2.62. The third-order valence-electron chi connectivity index (χ3n) is 6.73. The Labute approximate surface area is 150 Å². The van der Waals surface area contributed by atoms with Gasteiger partial charge in [-0.2, -0.15) is 0 Å². The third kappa shape index (κ3) is 3.29. The number of rotatable bonds is 5. The molecule has 0 saturated heterocycles. The number of hydrogen-bond acceptors (Lipinski definition) is 3. The van der Waals surface area contributed by atoms with E-state index in [2.05, 4.69) is 30.3 Å². The standard InChI is InChI=1S/C21H30N2O2/c1-3-23(2)18-6-4-5-17(8-18)22-19(24)13-20-9-15-7-16(10-20)12-21(25,11-15)14-20/h4-6,8,15-16,25H,3,7,9-14H2,1-2H3,(H,22,24). The fourth-order valence-corrected chi connectivity index (χ4v) is 6.16. The van der Waals surface area contributed by atoms with Crippen molar-refractivity contribution in [2.75, 3.05) is 23.8 Å². The number of nitrogens with one attached hydrogen (secondary N) is 1. The van der Waals surface area contributed by atoms with E-state index in [0.29, 0.717) is 18.3 Å². The fourth-order valence-electron chi connectivity index (χ4n) is 6.16. The molecule has 136 valence electrons. The molecule has 4 aliphatic rings. The molecule has 2 atom stereocenters. The van der Waals surface area contributed by atoms with Gasteiger partial charge in [-0.15, -0.1) is 0 Å². The summed E-state index contributed by atoms with van der Waals surface area (Å²) in [5, 5.41) is 14.0. The molecule has 2 N–H and O–H groups in total. The van der Waals surface area contributed by atoms with Crippen LogP contribution in [0.25, 0.3) is 0 Å². The first-order valence-electron chi connectivity index (χ1n) is 9.72. The predicted molar refractivity (Wildman–Crippen MR) is 101 cm³/mol. The van der Waals surface area contributed by atoms with E-state index in [4.69, 9.17) is 0 Å². The molecule has 4 bridgehead atoms. The van der Waals surface area contributed by atoms with Crippen LogP contribution in [0.4, 0.5) is 11.4 Å². The van der Waals surface area contributed by atoms with Gasteiger partial charge in [-0.25, -0.2) is 0 Å². The number of carbonyl (C=O) groups is 1. The molecular formula is C21H30N2O2. The molecule has 4 nitrogen and oxygen atoms in total. The van der Waals surface area contributed by atoms with Crippen molar-refractivity contribution in [1.29, 1.82) is 0 Å². The van der Waals surface area contributed by atoms with Gasteiger partial charge in [0, 0.05) is 31.4 Å². The first kappa shape index (κ1) is 16.9. The van der Waals surface area contributed by atoms with Gasteiger partial charge in [0.25, 0.3) is 0 Å². The molecule has 1 amide bonds. The van der Waals surface area contributed by atoms with Crippen LogP contribution in [0.1, 0.15) is 51.9 Å². The number of carbonyl (C=O) groups excluding carboxylic acids is 1. The Hall–Kier alpha value is -1.55. The molecule has 0 radical (unpaired) electrons. The van der Waals surface area contributed by atoms with Crippen molar-refractivity contribution < 1.29 is 9.90 Å². The molecular weight excluding hydrogens is 312 g/mol. The van der Waals surface area contributed by atoms with Crippen LogP contribution in [-0.4, -0.2) is 30.2 Å². The Morgan fingerprint density at radius 3 is 2.64 bits per heavy atom. The van der Waals surface area contributed by atoms with Crippen LogP contribution in [-0.2, 0) is 4.79 Å². The maximum Gasteiger partial charge on any atom is 0.224 e. The highest BCUT2D eigenvalue weighted by molar-refractivity contribution is 5.91. The molecule has 25 heavy (non-hydrogen) atoms. The normalized spacial score (nSPS) is 35.6. The van der Waals surface area contributed by atoms with E-state index in [0.717, 1.165) is 50.0 Å². The van der Waals surface area contributed by atoms with Crippen LogP contribution < -0.4 is 10.2 Å². The monoisotopic (exact) mass is 342 g/mol. The zero-order chi connectivity index (χ0) is 17.7. The van der Waals surface area contributed by atoms with Crippen molar-refractivity contribution in [2.45, 2.75) is 57.5 Å². The van der Waals surface area contributed by atoms with Gasteiger partial charge in [0.15, 0.2) is 0 Å². The Balaban J connectivity index is 1.44. The van der Waals surface area contributed by atoms with E-state index >= 15 is 0 Å². The number of hydrogen-bond donors (Lipinski definition) is 2. The van der Waals surface area contributed by atoms with Crippen molar-refractivity contribution in [1.82, 2.24) is 0 Å². The first-order chi connectivity index (χ1) is 11.9. The molecule has 0 aliphatic heterocycles. The van der Waals surface area contributed by atoms with Crippen LogP contribution in [0, 0.1) is 17.3 Å². The predicted octanol–water partition coefficient (Wildman–Crippen LogP) is 3.80. The summed E-state index contributed by atoms with van der Waals surface area (Å²) < 4.78 is 0. The number of amides is 1. The summed E-state index contributed by atoms with van der Waals surface area (Å²) in [4.78, 5) is 14.9. The minimum Gasteiger partial charge on any atom is -0.390 e. The van der Waals surface area contributed by atoms with Gasteiger partial charge < -0.3 is 15.3 Å². The smallest absolute Gasteiger partial charge is 0.224 e. The highest BCUT2D eigenvalue weighted by Gasteiger charge is 2.57. The maximum atomic E-state index is 12.7. The van der Waals surface area contributed by atoms with Gasteiger partial charge >= 0.3 is 0 Å². The molecule has 5 rings (SSSR count). The van der Waals surface area contributed by atoms with Gasteiger partial charge in [-0.3, -0.25) is 4.79 Å². The summed E-state index contributed by atoms with van der Waals surface area (Å²) in [6.07, 6.45) is 6.79. The molecule has 1 aromatic rings. The molecule has 2 unspecified atom stereocenters. The summed E-state index contributed by atoms with van der Waals surface area (Å²) in [6, 6.07) is 8.05. The Bertz CT molecular complexity index is 658. The van der Waals surface area contributed by atoms with Crippen molar-refractivity contribution in [3.05, 3.63) is 24.3 Å². The largest absolute Gasteiger partial charge is 0.390 e. The molecule has 4 fully saturated rings. The SMILES string of the molecule is CCN(C)c1cccc(NC(=O)CC23CC4CC(CC(O)(C4)C2)C3)c1. The second kappa shape index (κ2) is 6.01. The molecule has 4 heteroatoms. The van der Waals surface area contributed by atoms with Crippen molar-refractivity contribution >= 4 is 17.3 Å². The van der Waals surface area contributed by atoms with Crippen LogP contribution in [0.5, 0.6) is 0 Å². The van der Waals surface area contributed by atoms with Crippen LogP contribution in [0.15, 0.2) is 24.3 Å². The number of benzene rings is 1. The summed E-state index contributed by atoms with van der Waals surface area (Å²) in [7, 11) is 2.05. The minimum absolute atomic E-state index is 0.0285. The number of anilines is 2. The number of nitrogens with zero attached hydrogens (tertiary/aromatic N) is 1. The molecule has 1 aromatic carbocycles. The lowest BCUT2D eigenvalue weighted by molar-refractivity contribution is -0.167. The van der Waals surface area contributed by atoms with Crippen LogP contribution >= 0.6 is 0 Å². The Morgan fingerprint density at radius 2 is 2.00 bits per heavy atom. The zero-order valence-electron chi connectivity index (χ0n) is 15.4. The average molecular weight is 342 g/mol.